The summed E-state index contributed by atoms with van der Waals surface area (Å²) in [7, 11) is 0. The maximum absolute atomic E-state index is 13.4. The van der Waals surface area contributed by atoms with E-state index in [0.717, 1.165) is 10.0 Å². The van der Waals surface area contributed by atoms with Crippen LogP contribution in [0.2, 0.25) is 0 Å². The van der Waals surface area contributed by atoms with Gasteiger partial charge in [-0.3, -0.25) is 0 Å². The lowest BCUT2D eigenvalue weighted by molar-refractivity contribution is 0.292. The van der Waals surface area contributed by atoms with Gasteiger partial charge in [0.15, 0.2) is 11.6 Å². The normalized spacial score (nSPS) is 10.2. The predicted octanol–water partition coefficient (Wildman–Crippen LogP) is 3.75. The molecule has 2 aromatic carbocycles. The van der Waals surface area contributed by atoms with Crippen molar-refractivity contribution >= 4 is 21.6 Å². The first-order chi connectivity index (χ1) is 8.16. The van der Waals surface area contributed by atoms with Gasteiger partial charge in [-0.05, 0) is 29.8 Å². The Labute approximate surface area is 107 Å². The number of benzene rings is 2. The molecule has 0 heterocycles. The molecule has 88 valence electrons. The second-order valence-electron chi connectivity index (χ2n) is 3.57. The van der Waals surface area contributed by atoms with E-state index in [1.165, 1.54) is 6.07 Å². The molecular formula is C13H11BrFNO. The molecule has 0 aliphatic rings. The fourth-order valence-corrected chi connectivity index (χ4v) is 1.68. The fourth-order valence-electron chi connectivity index (χ4n) is 1.41. The van der Waals surface area contributed by atoms with E-state index in [1.807, 2.05) is 24.3 Å². The number of hydrogen-bond acceptors (Lipinski definition) is 2. The SMILES string of the molecule is Nc1cccc(F)c1OCc1ccc(Br)cc1. The number of rotatable bonds is 3. The van der Waals surface area contributed by atoms with E-state index in [-0.39, 0.29) is 5.75 Å². The van der Waals surface area contributed by atoms with Crippen molar-refractivity contribution in [3.63, 3.8) is 0 Å². The molecule has 0 saturated heterocycles. The van der Waals surface area contributed by atoms with E-state index in [9.17, 15) is 4.39 Å². The highest BCUT2D eigenvalue weighted by Crippen LogP contribution is 2.25. The van der Waals surface area contributed by atoms with Crippen LogP contribution in [0, 0.1) is 5.82 Å². The minimum Gasteiger partial charge on any atom is -0.484 e. The highest BCUT2D eigenvalue weighted by Gasteiger charge is 2.07. The van der Waals surface area contributed by atoms with Crippen LogP contribution in [0.25, 0.3) is 0 Å². The second kappa shape index (κ2) is 5.19. The number of ether oxygens (including phenoxy) is 1. The molecule has 0 aliphatic heterocycles. The van der Waals surface area contributed by atoms with Crippen molar-refractivity contribution in [3.8, 4) is 5.75 Å². The maximum Gasteiger partial charge on any atom is 0.178 e. The van der Waals surface area contributed by atoms with Gasteiger partial charge in [0.1, 0.15) is 6.61 Å². The third kappa shape index (κ3) is 2.97. The third-order valence-electron chi connectivity index (χ3n) is 2.29. The number of anilines is 1. The Morgan fingerprint density at radius 3 is 2.47 bits per heavy atom. The van der Waals surface area contributed by atoms with Crippen LogP contribution in [0.4, 0.5) is 10.1 Å². The van der Waals surface area contributed by atoms with Gasteiger partial charge in [-0.25, -0.2) is 4.39 Å². The minimum atomic E-state index is -0.442. The van der Waals surface area contributed by atoms with E-state index in [4.69, 9.17) is 10.5 Å². The van der Waals surface area contributed by atoms with Crippen LogP contribution < -0.4 is 10.5 Å². The summed E-state index contributed by atoms with van der Waals surface area (Å²) < 4.78 is 19.8. The Bertz CT molecular complexity index is 493. The van der Waals surface area contributed by atoms with Gasteiger partial charge in [0.2, 0.25) is 0 Å². The lowest BCUT2D eigenvalue weighted by atomic mass is 10.2. The van der Waals surface area contributed by atoms with Crippen molar-refractivity contribution in [2.24, 2.45) is 0 Å². The number of nitrogen functional groups attached to an aromatic ring is 1. The third-order valence-corrected chi connectivity index (χ3v) is 2.82. The summed E-state index contributed by atoms with van der Waals surface area (Å²) in [5, 5.41) is 0. The number of para-hydroxylation sites is 1. The summed E-state index contributed by atoms with van der Waals surface area (Å²) in [5.41, 5.74) is 6.90. The van der Waals surface area contributed by atoms with Crippen LogP contribution in [0.5, 0.6) is 5.75 Å². The Balaban J connectivity index is 2.10. The summed E-state index contributed by atoms with van der Waals surface area (Å²) in [6, 6.07) is 12.1. The van der Waals surface area contributed by atoms with Crippen LogP contribution in [-0.2, 0) is 6.61 Å². The summed E-state index contributed by atoms with van der Waals surface area (Å²) >= 11 is 3.34. The van der Waals surface area contributed by atoms with Crippen LogP contribution in [-0.4, -0.2) is 0 Å². The van der Waals surface area contributed by atoms with E-state index in [0.29, 0.717) is 12.3 Å². The van der Waals surface area contributed by atoms with Crippen LogP contribution in [0.15, 0.2) is 46.9 Å². The van der Waals surface area contributed by atoms with Gasteiger partial charge >= 0.3 is 0 Å². The summed E-state index contributed by atoms with van der Waals surface area (Å²) in [4.78, 5) is 0. The van der Waals surface area contributed by atoms with Crippen LogP contribution >= 0.6 is 15.9 Å². The first kappa shape index (κ1) is 11.9. The smallest absolute Gasteiger partial charge is 0.178 e. The van der Waals surface area contributed by atoms with Crippen molar-refractivity contribution < 1.29 is 9.13 Å². The van der Waals surface area contributed by atoms with Crippen molar-refractivity contribution in [1.82, 2.24) is 0 Å². The first-order valence-corrected chi connectivity index (χ1v) is 5.87. The summed E-state index contributed by atoms with van der Waals surface area (Å²) in [6.07, 6.45) is 0. The predicted molar refractivity (Wildman–Crippen MR) is 69.3 cm³/mol. The van der Waals surface area contributed by atoms with Gasteiger partial charge < -0.3 is 10.5 Å². The first-order valence-electron chi connectivity index (χ1n) is 5.08. The lowest BCUT2D eigenvalue weighted by Gasteiger charge is -2.09. The molecule has 0 fully saturated rings. The number of hydrogen-bond donors (Lipinski definition) is 1. The van der Waals surface area contributed by atoms with E-state index in [2.05, 4.69) is 15.9 Å². The number of nitrogens with two attached hydrogens (primary N) is 1. The van der Waals surface area contributed by atoms with Crippen molar-refractivity contribution in [2.45, 2.75) is 6.61 Å². The molecule has 2 rings (SSSR count). The highest BCUT2D eigenvalue weighted by atomic mass is 79.9. The molecule has 2 N–H and O–H groups in total. The monoisotopic (exact) mass is 295 g/mol. The molecule has 4 heteroatoms. The average Bonchev–Trinajstić information content (AvgIpc) is 2.31. The molecule has 0 aromatic heterocycles. The standard InChI is InChI=1S/C13H11BrFNO/c14-10-6-4-9(5-7-10)8-17-13-11(15)2-1-3-12(13)16/h1-7H,8,16H2. The zero-order valence-electron chi connectivity index (χ0n) is 8.99. The lowest BCUT2D eigenvalue weighted by Crippen LogP contribution is -2.00. The highest BCUT2D eigenvalue weighted by molar-refractivity contribution is 9.10. The van der Waals surface area contributed by atoms with Crippen molar-refractivity contribution in [1.29, 1.82) is 0 Å². The molecule has 17 heavy (non-hydrogen) atoms. The summed E-state index contributed by atoms with van der Waals surface area (Å²) in [6.45, 7) is 0.290. The Morgan fingerprint density at radius 1 is 1.12 bits per heavy atom. The van der Waals surface area contributed by atoms with Gasteiger partial charge in [-0.2, -0.15) is 0 Å². The Kier molecular flexibility index (Phi) is 3.64. The number of halogens is 2. The minimum absolute atomic E-state index is 0.107. The van der Waals surface area contributed by atoms with E-state index < -0.39 is 5.82 Å². The van der Waals surface area contributed by atoms with Gasteiger partial charge in [-0.1, -0.05) is 34.1 Å². The van der Waals surface area contributed by atoms with E-state index in [1.54, 1.807) is 12.1 Å². The molecule has 0 unspecified atom stereocenters. The molecule has 0 amide bonds. The maximum atomic E-state index is 13.4. The van der Waals surface area contributed by atoms with Gasteiger partial charge in [-0.15, -0.1) is 0 Å². The molecule has 2 nitrogen and oxygen atoms in total. The van der Waals surface area contributed by atoms with Crippen molar-refractivity contribution in [2.75, 3.05) is 5.73 Å². The molecule has 0 aliphatic carbocycles. The van der Waals surface area contributed by atoms with Gasteiger partial charge in [0.05, 0.1) is 5.69 Å². The quantitative estimate of drug-likeness (QED) is 0.875. The Hall–Kier alpha value is -1.55. The largest absolute Gasteiger partial charge is 0.484 e. The zero-order valence-corrected chi connectivity index (χ0v) is 10.6. The molecule has 2 aromatic rings. The molecule has 0 spiro atoms. The Morgan fingerprint density at radius 2 is 1.82 bits per heavy atom. The van der Waals surface area contributed by atoms with Crippen LogP contribution in [0.3, 0.4) is 0 Å². The van der Waals surface area contributed by atoms with Crippen LogP contribution in [0.1, 0.15) is 5.56 Å². The summed E-state index contributed by atoms with van der Waals surface area (Å²) in [5.74, 6) is -0.336. The van der Waals surface area contributed by atoms with Gasteiger partial charge in [0.25, 0.3) is 0 Å². The topological polar surface area (TPSA) is 35.2 Å². The average molecular weight is 296 g/mol. The van der Waals surface area contributed by atoms with E-state index >= 15 is 0 Å². The molecular weight excluding hydrogens is 285 g/mol. The second-order valence-corrected chi connectivity index (χ2v) is 4.49. The fraction of sp³-hybridized carbons (Fsp3) is 0.0769. The molecule has 0 atom stereocenters. The molecule has 0 radical (unpaired) electrons. The molecule has 0 bridgehead atoms. The zero-order chi connectivity index (χ0) is 12.3. The van der Waals surface area contributed by atoms with Crippen molar-refractivity contribution in [3.05, 3.63) is 58.3 Å². The molecule has 0 saturated carbocycles. The van der Waals surface area contributed by atoms with Gasteiger partial charge in [0, 0.05) is 4.47 Å².